The number of imidazole rings is 1. The van der Waals surface area contributed by atoms with Crippen molar-refractivity contribution in [1.29, 1.82) is 0 Å². The van der Waals surface area contributed by atoms with E-state index in [1.807, 2.05) is 28.8 Å². The van der Waals surface area contributed by atoms with Gasteiger partial charge in [0.1, 0.15) is 28.7 Å². The highest BCUT2D eigenvalue weighted by Crippen LogP contribution is 2.36. The molecule has 5 N–H and O–H groups in total. The van der Waals surface area contributed by atoms with Crippen molar-refractivity contribution in [1.82, 2.24) is 24.3 Å². The second-order valence-corrected chi connectivity index (χ2v) is 8.08. The van der Waals surface area contributed by atoms with E-state index >= 15 is 0 Å². The zero-order valence-corrected chi connectivity index (χ0v) is 18.2. The quantitative estimate of drug-likeness (QED) is 0.419. The SMILES string of the molecule is NCCN1CCCC1c1nc(-c2ccc(C(=O)Nc3ccccn3)cc2)c2c(N)nccn12. The number of rotatable bonds is 6. The molecule has 4 aromatic rings. The topological polar surface area (TPSA) is 127 Å². The van der Waals surface area contributed by atoms with Crippen molar-refractivity contribution in [3.63, 3.8) is 0 Å². The summed E-state index contributed by atoms with van der Waals surface area (Å²) in [6, 6.07) is 12.9. The van der Waals surface area contributed by atoms with Gasteiger partial charge >= 0.3 is 0 Å². The number of carbonyl (C=O) groups excluding carboxylic acids is 1. The van der Waals surface area contributed by atoms with Crippen molar-refractivity contribution in [3.8, 4) is 11.3 Å². The monoisotopic (exact) mass is 442 g/mol. The van der Waals surface area contributed by atoms with Crippen LogP contribution in [0.25, 0.3) is 16.8 Å². The Morgan fingerprint density at radius 2 is 1.97 bits per heavy atom. The molecule has 1 aliphatic heterocycles. The molecule has 1 aromatic carbocycles. The molecule has 1 saturated heterocycles. The number of hydrogen-bond acceptors (Lipinski definition) is 7. The molecule has 0 radical (unpaired) electrons. The minimum absolute atomic E-state index is 0.181. The molecule has 0 spiro atoms. The van der Waals surface area contributed by atoms with E-state index < -0.39 is 0 Å². The molecule has 1 fully saturated rings. The Bertz CT molecular complexity index is 1270. The Balaban J connectivity index is 1.49. The lowest BCUT2D eigenvalue weighted by atomic mass is 10.1. The van der Waals surface area contributed by atoms with Crippen LogP contribution in [0, 0.1) is 0 Å². The van der Waals surface area contributed by atoms with Crippen LogP contribution >= 0.6 is 0 Å². The fourth-order valence-electron chi connectivity index (χ4n) is 4.48. The molecule has 0 bridgehead atoms. The van der Waals surface area contributed by atoms with Gasteiger partial charge in [-0.25, -0.2) is 15.0 Å². The summed E-state index contributed by atoms with van der Waals surface area (Å²) in [4.78, 5) is 28.4. The molecular weight excluding hydrogens is 416 g/mol. The van der Waals surface area contributed by atoms with Crippen LogP contribution in [0.15, 0.2) is 61.1 Å². The van der Waals surface area contributed by atoms with Crippen molar-refractivity contribution in [2.45, 2.75) is 18.9 Å². The first-order valence-electron chi connectivity index (χ1n) is 11.0. The Kier molecular flexibility index (Phi) is 5.72. The van der Waals surface area contributed by atoms with Crippen molar-refractivity contribution in [3.05, 3.63) is 72.4 Å². The molecule has 168 valence electrons. The number of carbonyl (C=O) groups is 1. The third kappa shape index (κ3) is 4.04. The van der Waals surface area contributed by atoms with Gasteiger partial charge in [-0.05, 0) is 43.7 Å². The Hall–Kier alpha value is -3.82. The molecule has 1 amide bonds. The molecular formula is C24H26N8O. The van der Waals surface area contributed by atoms with Crippen LogP contribution in [-0.2, 0) is 0 Å². The van der Waals surface area contributed by atoms with Gasteiger partial charge < -0.3 is 16.8 Å². The number of pyridine rings is 1. The third-order valence-electron chi connectivity index (χ3n) is 6.02. The van der Waals surface area contributed by atoms with Gasteiger partial charge in [0, 0.05) is 42.8 Å². The molecule has 0 aliphatic carbocycles. The number of nitrogens with zero attached hydrogens (tertiary/aromatic N) is 5. The molecule has 33 heavy (non-hydrogen) atoms. The van der Waals surface area contributed by atoms with E-state index in [9.17, 15) is 4.79 Å². The molecule has 1 aliphatic rings. The van der Waals surface area contributed by atoms with Gasteiger partial charge in [-0.1, -0.05) is 18.2 Å². The maximum atomic E-state index is 12.6. The van der Waals surface area contributed by atoms with Gasteiger partial charge in [-0.3, -0.25) is 14.1 Å². The number of fused-ring (bicyclic) bond motifs is 1. The van der Waals surface area contributed by atoms with Crippen molar-refractivity contribution >= 4 is 23.1 Å². The van der Waals surface area contributed by atoms with Crippen LogP contribution in [0.4, 0.5) is 11.6 Å². The number of nitrogens with two attached hydrogens (primary N) is 2. The minimum Gasteiger partial charge on any atom is -0.382 e. The highest BCUT2D eigenvalue weighted by atomic mass is 16.1. The number of benzene rings is 1. The number of nitrogen functional groups attached to an aromatic ring is 1. The fraction of sp³-hybridized carbons (Fsp3) is 0.250. The Morgan fingerprint density at radius 1 is 1.12 bits per heavy atom. The zero-order valence-electron chi connectivity index (χ0n) is 18.2. The molecule has 9 heteroatoms. The van der Waals surface area contributed by atoms with E-state index in [4.69, 9.17) is 16.5 Å². The number of anilines is 2. The number of amides is 1. The van der Waals surface area contributed by atoms with Crippen LogP contribution in [0.2, 0.25) is 0 Å². The lowest BCUT2D eigenvalue weighted by Crippen LogP contribution is -2.30. The fourth-order valence-corrected chi connectivity index (χ4v) is 4.48. The standard InChI is InChI=1S/C24H26N8O/c25-10-14-31-13-3-4-18(31)23-30-20(21-22(26)28-12-15-32(21)23)16-6-8-17(9-7-16)24(33)29-19-5-1-2-11-27-19/h1-2,5-9,11-12,15,18H,3-4,10,13-14,25H2,(H2,26,28)(H,27,29,33). The summed E-state index contributed by atoms with van der Waals surface area (Å²) in [5, 5.41) is 2.80. The molecule has 0 saturated carbocycles. The first-order valence-corrected chi connectivity index (χ1v) is 11.0. The summed E-state index contributed by atoms with van der Waals surface area (Å²) in [5.74, 6) is 1.65. The van der Waals surface area contributed by atoms with Crippen LogP contribution in [0.3, 0.4) is 0 Å². The molecule has 3 aromatic heterocycles. The zero-order chi connectivity index (χ0) is 22.8. The van der Waals surface area contributed by atoms with Crippen LogP contribution < -0.4 is 16.8 Å². The Labute approximate surface area is 191 Å². The highest BCUT2D eigenvalue weighted by molar-refractivity contribution is 6.04. The van der Waals surface area contributed by atoms with Crippen molar-refractivity contribution in [2.75, 3.05) is 30.7 Å². The maximum absolute atomic E-state index is 12.6. The summed E-state index contributed by atoms with van der Waals surface area (Å²) in [5.41, 5.74) is 15.1. The number of likely N-dealkylation sites (tertiary alicyclic amines) is 1. The summed E-state index contributed by atoms with van der Waals surface area (Å²) in [6.45, 7) is 2.45. The van der Waals surface area contributed by atoms with E-state index in [1.165, 1.54) is 0 Å². The van der Waals surface area contributed by atoms with E-state index in [0.29, 0.717) is 23.7 Å². The Morgan fingerprint density at radius 3 is 2.73 bits per heavy atom. The van der Waals surface area contributed by atoms with Gasteiger partial charge in [-0.15, -0.1) is 0 Å². The molecule has 1 unspecified atom stereocenters. The normalized spacial score (nSPS) is 16.3. The lowest BCUT2D eigenvalue weighted by Gasteiger charge is -2.22. The van der Waals surface area contributed by atoms with Crippen molar-refractivity contribution < 1.29 is 4.79 Å². The second-order valence-electron chi connectivity index (χ2n) is 8.08. The average molecular weight is 443 g/mol. The minimum atomic E-state index is -0.222. The summed E-state index contributed by atoms with van der Waals surface area (Å²) < 4.78 is 2.04. The number of aromatic nitrogens is 4. The summed E-state index contributed by atoms with van der Waals surface area (Å²) >= 11 is 0. The molecule has 4 heterocycles. The highest BCUT2D eigenvalue weighted by Gasteiger charge is 2.30. The van der Waals surface area contributed by atoms with E-state index in [-0.39, 0.29) is 11.9 Å². The van der Waals surface area contributed by atoms with Gasteiger partial charge in [-0.2, -0.15) is 0 Å². The van der Waals surface area contributed by atoms with Crippen molar-refractivity contribution in [2.24, 2.45) is 5.73 Å². The van der Waals surface area contributed by atoms with E-state index in [1.54, 1.807) is 36.7 Å². The molecule has 1 atom stereocenters. The van der Waals surface area contributed by atoms with Crippen LogP contribution in [0.5, 0.6) is 0 Å². The number of nitrogens with one attached hydrogen (secondary N) is 1. The van der Waals surface area contributed by atoms with E-state index in [2.05, 4.69) is 20.2 Å². The average Bonchev–Trinajstić information content (AvgIpc) is 3.45. The van der Waals surface area contributed by atoms with Gasteiger partial charge in [0.05, 0.1) is 6.04 Å². The second kappa shape index (κ2) is 8.97. The first-order chi connectivity index (χ1) is 16.2. The smallest absolute Gasteiger partial charge is 0.256 e. The predicted octanol–water partition coefficient (Wildman–Crippen LogP) is 2.72. The van der Waals surface area contributed by atoms with Gasteiger partial charge in [0.25, 0.3) is 5.91 Å². The maximum Gasteiger partial charge on any atom is 0.256 e. The summed E-state index contributed by atoms with van der Waals surface area (Å²) in [6.07, 6.45) is 7.37. The predicted molar refractivity (Wildman–Crippen MR) is 128 cm³/mol. The number of hydrogen-bond donors (Lipinski definition) is 3. The van der Waals surface area contributed by atoms with E-state index in [0.717, 1.165) is 48.5 Å². The van der Waals surface area contributed by atoms with Crippen LogP contribution in [0.1, 0.15) is 35.1 Å². The summed E-state index contributed by atoms with van der Waals surface area (Å²) in [7, 11) is 0. The molecule has 9 nitrogen and oxygen atoms in total. The third-order valence-corrected chi connectivity index (χ3v) is 6.02. The van der Waals surface area contributed by atoms with Crippen LogP contribution in [-0.4, -0.2) is 49.8 Å². The lowest BCUT2D eigenvalue weighted by molar-refractivity contribution is 0.102. The van der Waals surface area contributed by atoms with Gasteiger partial charge in [0.15, 0.2) is 0 Å². The first kappa shape index (κ1) is 21.0. The molecule has 5 rings (SSSR count). The van der Waals surface area contributed by atoms with Gasteiger partial charge in [0.2, 0.25) is 0 Å². The largest absolute Gasteiger partial charge is 0.382 e.